The van der Waals surface area contributed by atoms with Crippen LogP contribution in [-0.4, -0.2) is 27.7 Å². The molecule has 0 aromatic carbocycles. The highest BCUT2D eigenvalue weighted by Gasteiger charge is 2.23. The summed E-state index contributed by atoms with van der Waals surface area (Å²) in [6.07, 6.45) is 2.44. The van der Waals surface area contributed by atoms with Crippen molar-refractivity contribution in [1.29, 1.82) is 0 Å². The van der Waals surface area contributed by atoms with E-state index in [-0.39, 0.29) is 11.8 Å². The van der Waals surface area contributed by atoms with Crippen molar-refractivity contribution in [3.05, 3.63) is 28.0 Å². The second-order valence-electron chi connectivity index (χ2n) is 4.47. The van der Waals surface area contributed by atoms with Crippen molar-refractivity contribution in [3.63, 3.8) is 0 Å². The summed E-state index contributed by atoms with van der Waals surface area (Å²) in [7, 11) is 1.53. The van der Waals surface area contributed by atoms with Gasteiger partial charge in [0.1, 0.15) is 10.7 Å². The Balaban J connectivity index is 2.38. The number of rotatable bonds is 6. The number of carbonyl (C=O) groups is 1. The van der Waals surface area contributed by atoms with Gasteiger partial charge < -0.3 is 10.5 Å². The van der Waals surface area contributed by atoms with E-state index in [9.17, 15) is 4.79 Å². The van der Waals surface area contributed by atoms with Gasteiger partial charge >= 0.3 is 0 Å². The molecule has 6 nitrogen and oxygen atoms in total. The number of aromatic nitrogens is 3. The maximum Gasteiger partial charge on any atom is 0.234 e. The molecule has 0 saturated carbocycles. The summed E-state index contributed by atoms with van der Waals surface area (Å²) in [5.74, 6) is 0.287. The lowest BCUT2D eigenvalue weighted by molar-refractivity contribution is 0.102. The van der Waals surface area contributed by atoms with Gasteiger partial charge in [-0.25, -0.2) is 4.98 Å². The summed E-state index contributed by atoms with van der Waals surface area (Å²) in [6, 6.07) is -0.177. The molecule has 2 aromatic heterocycles. The van der Waals surface area contributed by atoms with E-state index < -0.39 is 0 Å². The van der Waals surface area contributed by atoms with E-state index in [2.05, 4.69) is 10.1 Å². The number of hydrogen-bond donors (Lipinski definition) is 1. The fourth-order valence-electron chi connectivity index (χ4n) is 1.85. The Kier molecular flexibility index (Phi) is 4.51. The van der Waals surface area contributed by atoms with Gasteiger partial charge in [-0.2, -0.15) is 5.10 Å². The van der Waals surface area contributed by atoms with Crippen LogP contribution in [0.5, 0.6) is 5.75 Å². The quantitative estimate of drug-likeness (QED) is 0.824. The summed E-state index contributed by atoms with van der Waals surface area (Å²) < 4.78 is 6.87. The van der Waals surface area contributed by atoms with Crippen molar-refractivity contribution >= 4 is 17.1 Å². The van der Waals surface area contributed by atoms with Crippen molar-refractivity contribution in [2.75, 3.05) is 7.11 Å². The Morgan fingerprint density at radius 3 is 2.90 bits per heavy atom. The highest BCUT2D eigenvalue weighted by atomic mass is 32.1. The molecule has 20 heavy (non-hydrogen) atoms. The van der Waals surface area contributed by atoms with Crippen molar-refractivity contribution in [2.24, 2.45) is 5.73 Å². The Morgan fingerprint density at radius 2 is 2.35 bits per heavy atom. The number of hydrogen-bond acceptors (Lipinski definition) is 6. The van der Waals surface area contributed by atoms with Gasteiger partial charge in [0.15, 0.2) is 11.4 Å². The van der Waals surface area contributed by atoms with Gasteiger partial charge in [0.25, 0.3) is 0 Å². The van der Waals surface area contributed by atoms with Gasteiger partial charge in [-0.1, -0.05) is 6.92 Å². The molecule has 0 spiro atoms. The number of carbonyl (C=O) groups excluding carboxylic acids is 1. The number of nitrogens with zero attached hydrogens (tertiary/aromatic N) is 3. The molecule has 0 amide bonds. The predicted molar refractivity (Wildman–Crippen MR) is 77.2 cm³/mol. The highest BCUT2D eigenvalue weighted by molar-refractivity contribution is 7.09. The Hall–Kier alpha value is -1.73. The SMILES string of the molecule is CCCn1ncc(OC)c1C(=O)c1csc(C(C)N)n1. The number of methoxy groups -OCH3 is 1. The summed E-state index contributed by atoms with van der Waals surface area (Å²) in [6.45, 7) is 4.53. The highest BCUT2D eigenvalue weighted by Crippen LogP contribution is 2.24. The average Bonchev–Trinajstić information content (AvgIpc) is 3.05. The number of nitrogens with two attached hydrogens (primary N) is 1. The van der Waals surface area contributed by atoms with Gasteiger partial charge in [-0.3, -0.25) is 9.48 Å². The third-order valence-electron chi connectivity index (χ3n) is 2.82. The minimum atomic E-state index is -0.184. The van der Waals surface area contributed by atoms with Crippen molar-refractivity contribution in [2.45, 2.75) is 32.9 Å². The summed E-state index contributed by atoms with van der Waals surface area (Å²) in [5, 5.41) is 6.66. The Bertz CT molecular complexity index is 603. The van der Waals surface area contributed by atoms with Crippen LogP contribution < -0.4 is 10.5 Å². The largest absolute Gasteiger partial charge is 0.493 e. The molecule has 1 atom stereocenters. The lowest BCUT2D eigenvalue weighted by Crippen LogP contribution is -2.13. The summed E-state index contributed by atoms with van der Waals surface area (Å²) in [4.78, 5) is 16.9. The van der Waals surface area contributed by atoms with Crippen molar-refractivity contribution in [1.82, 2.24) is 14.8 Å². The molecule has 0 fully saturated rings. The number of thiazole rings is 1. The van der Waals surface area contributed by atoms with Crippen LogP contribution in [0.4, 0.5) is 0 Å². The molecule has 2 heterocycles. The third kappa shape index (κ3) is 2.73. The van der Waals surface area contributed by atoms with Crippen LogP contribution in [0.2, 0.25) is 0 Å². The van der Waals surface area contributed by atoms with E-state index in [1.165, 1.54) is 18.4 Å². The van der Waals surface area contributed by atoms with Crippen LogP contribution in [0.1, 0.15) is 47.5 Å². The fourth-order valence-corrected chi connectivity index (χ4v) is 2.61. The lowest BCUT2D eigenvalue weighted by atomic mass is 10.2. The average molecular weight is 294 g/mol. The first kappa shape index (κ1) is 14.7. The van der Waals surface area contributed by atoms with Crippen LogP contribution >= 0.6 is 11.3 Å². The smallest absolute Gasteiger partial charge is 0.234 e. The Labute approximate surface area is 121 Å². The van der Waals surface area contributed by atoms with E-state index in [0.717, 1.165) is 11.4 Å². The normalized spacial score (nSPS) is 12.4. The zero-order valence-corrected chi connectivity index (χ0v) is 12.6. The van der Waals surface area contributed by atoms with E-state index >= 15 is 0 Å². The van der Waals surface area contributed by atoms with Crippen molar-refractivity contribution < 1.29 is 9.53 Å². The van der Waals surface area contributed by atoms with Gasteiger partial charge in [0.05, 0.1) is 19.3 Å². The van der Waals surface area contributed by atoms with E-state index in [0.29, 0.717) is 23.7 Å². The first-order chi connectivity index (χ1) is 9.58. The number of aryl methyl sites for hydroxylation is 1. The van der Waals surface area contributed by atoms with E-state index in [1.54, 1.807) is 16.3 Å². The second kappa shape index (κ2) is 6.15. The first-order valence-corrected chi connectivity index (χ1v) is 7.32. The molecule has 2 rings (SSSR count). The zero-order valence-electron chi connectivity index (χ0n) is 11.8. The van der Waals surface area contributed by atoms with Crippen LogP contribution in [0, 0.1) is 0 Å². The number of ether oxygens (including phenoxy) is 1. The molecule has 108 valence electrons. The molecule has 0 aliphatic rings. The zero-order chi connectivity index (χ0) is 14.7. The molecule has 2 N–H and O–H groups in total. The third-order valence-corrected chi connectivity index (χ3v) is 3.87. The standard InChI is InChI=1S/C13H18N4O2S/c1-4-5-17-11(10(19-3)6-15-17)12(18)9-7-20-13(16-9)8(2)14/h6-8H,4-5,14H2,1-3H3. The molecule has 0 bridgehead atoms. The summed E-state index contributed by atoms with van der Waals surface area (Å²) >= 11 is 1.39. The maximum absolute atomic E-state index is 12.6. The van der Waals surface area contributed by atoms with Crippen LogP contribution in [0.15, 0.2) is 11.6 Å². The maximum atomic E-state index is 12.6. The molecule has 0 aliphatic heterocycles. The monoisotopic (exact) mass is 294 g/mol. The second-order valence-corrected chi connectivity index (χ2v) is 5.36. The Morgan fingerprint density at radius 1 is 1.60 bits per heavy atom. The lowest BCUT2D eigenvalue weighted by Gasteiger charge is -2.05. The van der Waals surface area contributed by atoms with E-state index in [1.807, 2.05) is 13.8 Å². The van der Waals surface area contributed by atoms with Gasteiger partial charge in [0, 0.05) is 11.9 Å². The van der Waals surface area contributed by atoms with Gasteiger partial charge in [-0.15, -0.1) is 11.3 Å². The molecule has 7 heteroatoms. The van der Waals surface area contributed by atoms with Crippen LogP contribution in [0.25, 0.3) is 0 Å². The topological polar surface area (TPSA) is 83.0 Å². The minimum absolute atomic E-state index is 0.177. The van der Waals surface area contributed by atoms with Gasteiger partial charge in [0.2, 0.25) is 5.78 Å². The van der Waals surface area contributed by atoms with Crippen molar-refractivity contribution in [3.8, 4) is 5.75 Å². The molecule has 2 aromatic rings. The molecule has 0 radical (unpaired) electrons. The van der Waals surface area contributed by atoms with E-state index in [4.69, 9.17) is 10.5 Å². The van der Waals surface area contributed by atoms with Gasteiger partial charge in [-0.05, 0) is 13.3 Å². The summed E-state index contributed by atoms with van der Waals surface area (Å²) in [5.41, 5.74) is 6.60. The molecule has 0 saturated heterocycles. The number of ketones is 1. The fraction of sp³-hybridized carbons (Fsp3) is 0.462. The van der Waals surface area contributed by atoms with Crippen LogP contribution in [0.3, 0.4) is 0 Å². The molecular formula is C13H18N4O2S. The molecular weight excluding hydrogens is 276 g/mol. The predicted octanol–water partition coefficient (Wildman–Crippen LogP) is 2.01. The molecule has 0 aliphatic carbocycles. The van der Waals surface area contributed by atoms with Crippen LogP contribution in [-0.2, 0) is 6.54 Å². The minimum Gasteiger partial charge on any atom is -0.493 e. The molecule has 1 unspecified atom stereocenters. The first-order valence-electron chi connectivity index (χ1n) is 6.44.